The quantitative estimate of drug-likeness (QED) is 0.635. The first-order chi connectivity index (χ1) is 11.2. The summed E-state index contributed by atoms with van der Waals surface area (Å²) >= 11 is 0. The third-order valence-corrected chi connectivity index (χ3v) is 4.87. The average molecular weight is 313 g/mol. The van der Waals surface area contributed by atoms with Crippen molar-refractivity contribution in [3.8, 4) is 0 Å². The summed E-state index contributed by atoms with van der Waals surface area (Å²) < 4.78 is 0. The van der Waals surface area contributed by atoms with Gasteiger partial charge in [0, 0.05) is 45.1 Å². The molecule has 1 aliphatic heterocycles. The summed E-state index contributed by atoms with van der Waals surface area (Å²) in [6, 6.07) is 6.34. The number of piperazine rings is 1. The molecule has 5 heteroatoms. The van der Waals surface area contributed by atoms with Crippen LogP contribution in [0.5, 0.6) is 0 Å². The lowest BCUT2D eigenvalue weighted by Gasteiger charge is -2.32. The molecule has 5 nitrogen and oxygen atoms in total. The number of likely N-dealkylation sites (N-methyl/N-ethyl adjacent to an activating group) is 1. The molecule has 23 heavy (non-hydrogen) atoms. The van der Waals surface area contributed by atoms with Crippen LogP contribution in [-0.4, -0.2) is 49.6 Å². The molecule has 0 radical (unpaired) electrons. The minimum atomic E-state index is 0.954. The van der Waals surface area contributed by atoms with Gasteiger partial charge in [-0.25, -0.2) is 5.84 Å². The maximum absolute atomic E-state index is 6.06. The molecule has 124 valence electrons. The molecule has 1 fully saturated rings. The van der Waals surface area contributed by atoms with E-state index >= 15 is 0 Å². The summed E-state index contributed by atoms with van der Waals surface area (Å²) in [5.74, 6) is 6.06. The van der Waals surface area contributed by atoms with Crippen molar-refractivity contribution in [2.24, 2.45) is 11.6 Å². The number of hydrogen-bond acceptors (Lipinski definition) is 5. The third-order valence-electron chi connectivity index (χ3n) is 4.87. The molecule has 0 aromatic heterocycles. The standard InChI is InChI=1S/C18H27N5/c1-21-11-13-22(14-12-21)9-7-15-5-6-17-16(15)3-2-4-18(17)23(20)10-8-19/h2-5,8,10H,6-7,9,11-14,19-20H2,1H3/b10-8-. The Kier molecular flexibility index (Phi) is 5.00. The summed E-state index contributed by atoms with van der Waals surface area (Å²) in [4.78, 5) is 4.96. The van der Waals surface area contributed by atoms with Crippen molar-refractivity contribution in [1.29, 1.82) is 0 Å². The summed E-state index contributed by atoms with van der Waals surface area (Å²) in [6.07, 6.45) is 7.57. The number of allylic oxidation sites excluding steroid dienone is 1. The maximum atomic E-state index is 6.06. The lowest BCUT2D eigenvalue weighted by atomic mass is 10.0. The van der Waals surface area contributed by atoms with Crippen LogP contribution in [0.25, 0.3) is 5.57 Å². The fourth-order valence-corrected chi connectivity index (χ4v) is 3.43. The molecule has 1 aromatic carbocycles. The Hall–Kier alpha value is -1.82. The van der Waals surface area contributed by atoms with E-state index in [0.29, 0.717) is 0 Å². The van der Waals surface area contributed by atoms with Crippen LogP contribution >= 0.6 is 0 Å². The predicted molar refractivity (Wildman–Crippen MR) is 96.7 cm³/mol. The van der Waals surface area contributed by atoms with Gasteiger partial charge in [-0.1, -0.05) is 18.2 Å². The van der Waals surface area contributed by atoms with Gasteiger partial charge in [-0.2, -0.15) is 0 Å². The SMILES string of the molecule is CN1CCN(CCC2=CCc3c2cccc3N(N)/C=C\N)CC1. The molecule has 0 saturated carbocycles. The molecule has 0 amide bonds. The Balaban J connectivity index is 1.66. The Morgan fingerprint density at radius 1 is 1.22 bits per heavy atom. The summed E-state index contributed by atoms with van der Waals surface area (Å²) in [5.41, 5.74) is 10.6. The highest BCUT2D eigenvalue weighted by atomic mass is 15.4. The topological polar surface area (TPSA) is 61.8 Å². The molecule has 1 aromatic rings. The molecular formula is C18H27N5. The van der Waals surface area contributed by atoms with Gasteiger partial charge in [0.05, 0.1) is 5.69 Å². The monoisotopic (exact) mass is 313 g/mol. The Bertz CT molecular complexity index is 599. The Morgan fingerprint density at radius 3 is 2.74 bits per heavy atom. The lowest BCUT2D eigenvalue weighted by Crippen LogP contribution is -2.44. The largest absolute Gasteiger partial charge is 0.403 e. The van der Waals surface area contributed by atoms with E-state index in [2.05, 4.69) is 41.1 Å². The van der Waals surface area contributed by atoms with E-state index in [4.69, 9.17) is 11.6 Å². The van der Waals surface area contributed by atoms with Crippen molar-refractivity contribution in [2.75, 3.05) is 44.8 Å². The number of anilines is 1. The number of hydrogen-bond donors (Lipinski definition) is 2. The van der Waals surface area contributed by atoms with Gasteiger partial charge >= 0.3 is 0 Å². The molecule has 0 atom stereocenters. The van der Waals surface area contributed by atoms with Gasteiger partial charge in [-0.3, -0.25) is 5.01 Å². The molecule has 1 saturated heterocycles. The summed E-state index contributed by atoms with van der Waals surface area (Å²) in [5, 5.41) is 1.61. The highest BCUT2D eigenvalue weighted by Crippen LogP contribution is 2.35. The van der Waals surface area contributed by atoms with Gasteiger partial charge in [0.25, 0.3) is 0 Å². The zero-order valence-corrected chi connectivity index (χ0v) is 13.9. The van der Waals surface area contributed by atoms with Crippen LogP contribution in [0.3, 0.4) is 0 Å². The zero-order valence-electron chi connectivity index (χ0n) is 13.9. The number of hydrazine groups is 1. The van der Waals surface area contributed by atoms with E-state index in [1.165, 1.54) is 49.1 Å². The zero-order chi connectivity index (χ0) is 16.2. The average Bonchev–Trinajstić information content (AvgIpc) is 2.98. The van der Waals surface area contributed by atoms with E-state index in [-0.39, 0.29) is 0 Å². The molecule has 1 heterocycles. The van der Waals surface area contributed by atoms with Crippen LogP contribution in [0.4, 0.5) is 5.69 Å². The second-order valence-corrected chi connectivity index (χ2v) is 6.38. The molecule has 0 unspecified atom stereocenters. The molecule has 2 aliphatic rings. The number of nitrogens with two attached hydrogens (primary N) is 2. The molecule has 1 aliphatic carbocycles. The second-order valence-electron chi connectivity index (χ2n) is 6.38. The number of nitrogens with zero attached hydrogens (tertiary/aromatic N) is 3. The first-order valence-corrected chi connectivity index (χ1v) is 8.33. The van der Waals surface area contributed by atoms with E-state index < -0.39 is 0 Å². The van der Waals surface area contributed by atoms with Gasteiger partial charge < -0.3 is 15.5 Å². The van der Waals surface area contributed by atoms with Crippen LogP contribution < -0.4 is 16.6 Å². The van der Waals surface area contributed by atoms with E-state index in [1.807, 2.05) is 0 Å². The van der Waals surface area contributed by atoms with Crippen LogP contribution in [0.1, 0.15) is 17.5 Å². The van der Waals surface area contributed by atoms with Gasteiger partial charge in [-0.05, 0) is 42.7 Å². The van der Waals surface area contributed by atoms with E-state index in [9.17, 15) is 0 Å². The Labute approximate surface area is 138 Å². The fraction of sp³-hybridized carbons (Fsp3) is 0.444. The highest BCUT2D eigenvalue weighted by Gasteiger charge is 2.20. The third kappa shape index (κ3) is 3.58. The fourth-order valence-electron chi connectivity index (χ4n) is 3.43. The van der Waals surface area contributed by atoms with Crippen molar-refractivity contribution in [2.45, 2.75) is 12.8 Å². The molecule has 4 N–H and O–H groups in total. The molecule has 0 bridgehead atoms. The summed E-state index contributed by atoms with van der Waals surface area (Å²) in [7, 11) is 2.20. The summed E-state index contributed by atoms with van der Waals surface area (Å²) in [6.45, 7) is 5.84. The first kappa shape index (κ1) is 16.1. The minimum Gasteiger partial charge on any atom is -0.403 e. The highest BCUT2D eigenvalue weighted by molar-refractivity contribution is 5.78. The normalized spacial score (nSPS) is 19.1. The molecule has 3 rings (SSSR count). The van der Waals surface area contributed by atoms with Crippen LogP contribution in [0.15, 0.2) is 36.7 Å². The van der Waals surface area contributed by atoms with Gasteiger partial charge in [0.2, 0.25) is 0 Å². The molecule has 0 spiro atoms. The lowest BCUT2D eigenvalue weighted by molar-refractivity contribution is 0.157. The smallest absolute Gasteiger partial charge is 0.0610 e. The van der Waals surface area contributed by atoms with Crippen molar-refractivity contribution < 1.29 is 0 Å². The second kappa shape index (κ2) is 7.17. The van der Waals surface area contributed by atoms with E-state index in [0.717, 1.165) is 25.1 Å². The van der Waals surface area contributed by atoms with Crippen molar-refractivity contribution in [3.63, 3.8) is 0 Å². The van der Waals surface area contributed by atoms with Crippen LogP contribution in [0.2, 0.25) is 0 Å². The number of benzene rings is 1. The first-order valence-electron chi connectivity index (χ1n) is 8.33. The molecular weight excluding hydrogens is 286 g/mol. The number of fused-ring (bicyclic) bond motifs is 1. The maximum Gasteiger partial charge on any atom is 0.0610 e. The van der Waals surface area contributed by atoms with Crippen molar-refractivity contribution in [3.05, 3.63) is 47.8 Å². The van der Waals surface area contributed by atoms with Crippen molar-refractivity contribution >= 4 is 11.3 Å². The van der Waals surface area contributed by atoms with Crippen LogP contribution in [0, 0.1) is 0 Å². The van der Waals surface area contributed by atoms with Crippen LogP contribution in [-0.2, 0) is 6.42 Å². The van der Waals surface area contributed by atoms with Crippen molar-refractivity contribution in [1.82, 2.24) is 9.80 Å². The Morgan fingerprint density at radius 2 is 2.00 bits per heavy atom. The van der Waals surface area contributed by atoms with E-state index in [1.54, 1.807) is 11.2 Å². The predicted octanol–water partition coefficient (Wildman–Crippen LogP) is 1.37. The van der Waals surface area contributed by atoms with Gasteiger partial charge in [0.15, 0.2) is 0 Å². The minimum absolute atomic E-state index is 0.954. The number of rotatable bonds is 5. The van der Waals surface area contributed by atoms with Gasteiger partial charge in [-0.15, -0.1) is 0 Å². The van der Waals surface area contributed by atoms with Gasteiger partial charge in [0.1, 0.15) is 0 Å².